The first-order valence-corrected chi connectivity index (χ1v) is 7.50. The minimum Gasteiger partial charge on any atom is -0.399 e. The first kappa shape index (κ1) is 21.0. The van der Waals surface area contributed by atoms with Gasteiger partial charge in [0.25, 0.3) is 0 Å². The van der Waals surface area contributed by atoms with Gasteiger partial charge in [0.15, 0.2) is 0 Å². The minimum absolute atomic E-state index is 0. The van der Waals surface area contributed by atoms with E-state index in [4.69, 9.17) is 5.73 Å². The predicted molar refractivity (Wildman–Crippen MR) is 97.0 cm³/mol. The quantitative estimate of drug-likeness (QED) is 0.805. The molecule has 1 aliphatic heterocycles. The van der Waals surface area contributed by atoms with Crippen LogP contribution < -0.4 is 11.1 Å². The van der Waals surface area contributed by atoms with Crippen LogP contribution >= 0.6 is 24.8 Å². The molecule has 4 nitrogen and oxygen atoms in total. The predicted octanol–water partition coefficient (Wildman–Crippen LogP) is 2.65. The average Bonchev–Trinajstić information content (AvgIpc) is 2.43. The van der Waals surface area contributed by atoms with Crippen molar-refractivity contribution >= 4 is 36.4 Å². The van der Waals surface area contributed by atoms with Crippen LogP contribution in [0.1, 0.15) is 31.7 Å². The van der Waals surface area contributed by atoms with Gasteiger partial charge in [-0.1, -0.05) is 18.6 Å². The fourth-order valence-corrected chi connectivity index (χ4v) is 2.71. The normalized spacial score (nSPS) is 18.0. The van der Waals surface area contributed by atoms with Gasteiger partial charge in [0.1, 0.15) is 0 Å². The highest BCUT2D eigenvalue weighted by molar-refractivity contribution is 5.85. The summed E-state index contributed by atoms with van der Waals surface area (Å²) in [6.07, 6.45) is 4.32. The maximum atomic E-state index is 11.9. The van der Waals surface area contributed by atoms with Crippen molar-refractivity contribution in [2.24, 2.45) is 0 Å². The van der Waals surface area contributed by atoms with Crippen LogP contribution in [-0.2, 0) is 11.2 Å². The lowest BCUT2D eigenvalue weighted by Crippen LogP contribution is -2.42. The van der Waals surface area contributed by atoms with Gasteiger partial charge in [-0.2, -0.15) is 0 Å². The number of nitrogens with two attached hydrogens (primary N) is 1. The average molecular weight is 348 g/mol. The van der Waals surface area contributed by atoms with E-state index < -0.39 is 0 Å². The van der Waals surface area contributed by atoms with Crippen molar-refractivity contribution in [3.05, 3.63) is 29.8 Å². The summed E-state index contributed by atoms with van der Waals surface area (Å²) in [6, 6.07) is 8.12. The number of hydrogen-bond donors (Lipinski definition) is 2. The van der Waals surface area contributed by atoms with Gasteiger partial charge in [0.2, 0.25) is 5.91 Å². The number of nitrogen functional groups attached to an aromatic ring is 1. The summed E-state index contributed by atoms with van der Waals surface area (Å²) in [5.74, 6) is 0.0828. The summed E-state index contributed by atoms with van der Waals surface area (Å²) in [5, 5.41) is 3.00. The number of carbonyl (C=O) groups excluding carboxylic acids is 1. The summed E-state index contributed by atoms with van der Waals surface area (Å²) >= 11 is 0. The number of benzene rings is 1. The minimum atomic E-state index is 0. The zero-order valence-electron chi connectivity index (χ0n) is 13.1. The molecule has 0 aromatic heterocycles. The number of nitrogens with one attached hydrogen (secondary N) is 1. The summed E-state index contributed by atoms with van der Waals surface area (Å²) in [6.45, 7) is 5.12. The molecule has 6 heteroatoms. The Morgan fingerprint density at radius 2 is 1.95 bits per heavy atom. The lowest BCUT2D eigenvalue weighted by Gasteiger charge is -2.33. The van der Waals surface area contributed by atoms with E-state index >= 15 is 0 Å². The van der Waals surface area contributed by atoms with Gasteiger partial charge in [-0.15, -0.1) is 24.8 Å². The molecule has 126 valence electrons. The molecule has 1 unspecified atom stereocenters. The fraction of sp³-hybridized carbons (Fsp3) is 0.562. The molecular weight excluding hydrogens is 321 g/mol. The molecule has 1 atom stereocenters. The van der Waals surface area contributed by atoms with Gasteiger partial charge < -0.3 is 11.1 Å². The standard InChI is InChI=1S/C16H25N3O.2ClH/c1-13-4-2-3-10-19(13)11-9-18-16(20)12-14-5-7-15(17)8-6-14;;/h5-8,13H,2-4,9-12,17H2,1H3,(H,18,20);2*1H. The smallest absolute Gasteiger partial charge is 0.224 e. The summed E-state index contributed by atoms with van der Waals surface area (Å²) in [7, 11) is 0. The Bertz CT molecular complexity index is 440. The topological polar surface area (TPSA) is 58.4 Å². The first-order chi connectivity index (χ1) is 9.65. The molecule has 1 aromatic rings. The zero-order chi connectivity index (χ0) is 14.4. The molecule has 3 N–H and O–H groups in total. The van der Waals surface area contributed by atoms with Crippen molar-refractivity contribution < 1.29 is 4.79 Å². The molecule has 1 fully saturated rings. The van der Waals surface area contributed by atoms with Crippen LogP contribution in [0.3, 0.4) is 0 Å². The number of rotatable bonds is 5. The lowest BCUT2D eigenvalue weighted by molar-refractivity contribution is -0.120. The van der Waals surface area contributed by atoms with E-state index in [9.17, 15) is 4.79 Å². The van der Waals surface area contributed by atoms with Gasteiger partial charge >= 0.3 is 0 Å². The third kappa shape index (κ3) is 6.86. The number of hydrogen-bond acceptors (Lipinski definition) is 3. The van der Waals surface area contributed by atoms with Gasteiger partial charge in [-0.05, 0) is 44.0 Å². The van der Waals surface area contributed by atoms with E-state index in [0.717, 1.165) is 30.9 Å². The Balaban J connectivity index is 0.00000220. The maximum absolute atomic E-state index is 11.9. The van der Waals surface area contributed by atoms with Crippen molar-refractivity contribution in [3.63, 3.8) is 0 Å². The van der Waals surface area contributed by atoms with Crippen LogP contribution in [0.5, 0.6) is 0 Å². The SMILES string of the molecule is CC1CCCCN1CCNC(=O)Cc1ccc(N)cc1.Cl.Cl. The highest BCUT2D eigenvalue weighted by Crippen LogP contribution is 2.15. The van der Waals surface area contributed by atoms with E-state index in [2.05, 4.69) is 17.1 Å². The lowest BCUT2D eigenvalue weighted by atomic mass is 10.0. The van der Waals surface area contributed by atoms with Crippen molar-refractivity contribution in [1.29, 1.82) is 0 Å². The van der Waals surface area contributed by atoms with E-state index in [-0.39, 0.29) is 30.7 Å². The number of piperidine rings is 1. The molecule has 2 rings (SSSR count). The third-order valence-electron chi connectivity index (χ3n) is 4.01. The second kappa shape index (κ2) is 10.7. The first-order valence-electron chi connectivity index (χ1n) is 7.50. The fourth-order valence-electron chi connectivity index (χ4n) is 2.71. The monoisotopic (exact) mass is 347 g/mol. The molecule has 0 spiro atoms. The molecule has 0 aliphatic carbocycles. The van der Waals surface area contributed by atoms with Gasteiger partial charge in [0.05, 0.1) is 6.42 Å². The molecule has 1 heterocycles. The van der Waals surface area contributed by atoms with Crippen LogP contribution in [0, 0.1) is 0 Å². The van der Waals surface area contributed by atoms with Gasteiger partial charge in [0, 0.05) is 24.8 Å². The summed E-state index contributed by atoms with van der Waals surface area (Å²) < 4.78 is 0. The van der Waals surface area contributed by atoms with Crippen LogP contribution in [0.4, 0.5) is 5.69 Å². The van der Waals surface area contributed by atoms with Crippen LogP contribution in [0.2, 0.25) is 0 Å². The molecule has 1 aliphatic rings. The van der Waals surface area contributed by atoms with Crippen LogP contribution in [0.25, 0.3) is 0 Å². The maximum Gasteiger partial charge on any atom is 0.224 e. The summed E-state index contributed by atoms with van der Waals surface area (Å²) in [4.78, 5) is 14.3. The second-order valence-corrected chi connectivity index (χ2v) is 5.65. The molecular formula is C16H27Cl2N3O. The number of amides is 1. The van der Waals surface area contributed by atoms with E-state index in [1.54, 1.807) is 0 Å². The molecule has 22 heavy (non-hydrogen) atoms. The van der Waals surface area contributed by atoms with Gasteiger partial charge in [-0.25, -0.2) is 0 Å². The number of carbonyl (C=O) groups is 1. The highest BCUT2D eigenvalue weighted by Gasteiger charge is 2.17. The molecule has 0 saturated carbocycles. The molecule has 0 radical (unpaired) electrons. The summed E-state index contributed by atoms with van der Waals surface area (Å²) in [5.41, 5.74) is 7.36. The van der Waals surface area contributed by atoms with Crippen molar-refractivity contribution in [1.82, 2.24) is 10.2 Å². The third-order valence-corrected chi connectivity index (χ3v) is 4.01. The van der Waals surface area contributed by atoms with E-state index in [1.807, 2.05) is 24.3 Å². The largest absolute Gasteiger partial charge is 0.399 e. The molecule has 0 bridgehead atoms. The Morgan fingerprint density at radius 3 is 2.59 bits per heavy atom. The number of halogens is 2. The molecule has 1 amide bonds. The van der Waals surface area contributed by atoms with Gasteiger partial charge in [-0.3, -0.25) is 9.69 Å². The number of likely N-dealkylation sites (tertiary alicyclic amines) is 1. The zero-order valence-corrected chi connectivity index (χ0v) is 14.7. The van der Waals surface area contributed by atoms with Crippen LogP contribution in [-0.4, -0.2) is 36.5 Å². The number of anilines is 1. The molecule has 1 aromatic carbocycles. The van der Waals surface area contributed by atoms with Crippen molar-refractivity contribution in [2.75, 3.05) is 25.4 Å². The van der Waals surface area contributed by atoms with Crippen molar-refractivity contribution in [3.8, 4) is 0 Å². The number of nitrogens with zero attached hydrogens (tertiary/aromatic N) is 1. The highest BCUT2D eigenvalue weighted by atomic mass is 35.5. The molecule has 1 saturated heterocycles. The van der Waals surface area contributed by atoms with Crippen molar-refractivity contribution in [2.45, 2.75) is 38.6 Å². The second-order valence-electron chi connectivity index (χ2n) is 5.65. The van der Waals surface area contributed by atoms with E-state index in [1.165, 1.54) is 19.3 Å². The Morgan fingerprint density at radius 1 is 1.27 bits per heavy atom. The van der Waals surface area contributed by atoms with E-state index in [0.29, 0.717) is 12.5 Å². The Labute approximate surface area is 145 Å². The van der Waals surface area contributed by atoms with Crippen LogP contribution in [0.15, 0.2) is 24.3 Å². The Hall–Kier alpha value is -0.970. The Kier molecular flexibility index (Phi) is 10.2.